The molecule has 0 aliphatic heterocycles. The van der Waals surface area contributed by atoms with Gasteiger partial charge in [-0.25, -0.2) is 9.37 Å². The van der Waals surface area contributed by atoms with Crippen LogP contribution in [0.4, 0.5) is 9.52 Å². The van der Waals surface area contributed by atoms with Crippen LogP contribution in [0.5, 0.6) is 0 Å². The highest BCUT2D eigenvalue weighted by Crippen LogP contribution is 2.30. The molecular weight excluding hydrogens is 389 g/mol. The van der Waals surface area contributed by atoms with Crippen molar-refractivity contribution in [2.24, 2.45) is 0 Å². The number of nitrogens with zero attached hydrogens (tertiary/aromatic N) is 3. The zero-order valence-electron chi connectivity index (χ0n) is 16.8. The Balaban J connectivity index is 1.94. The van der Waals surface area contributed by atoms with Gasteiger partial charge in [-0.3, -0.25) is 14.5 Å². The van der Waals surface area contributed by atoms with Gasteiger partial charge in [-0.15, -0.1) is 0 Å². The molecule has 152 valence electrons. The Kier molecular flexibility index (Phi) is 6.71. The molecule has 0 saturated carbocycles. The Morgan fingerprint density at radius 1 is 1.00 bits per heavy atom. The van der Waals surface area contributed by atoms with E-state index in [1.54, 1.807) is 35.2 Å². The van der Waals surface area contributed by atoms with Crippen molar-refractivity contribution in [3.8, 4) is 0 Å². The number of ketones is 1. The number of carbonyl (C=O) groups excluding carboxylic acids is 2. The first-order chi connectivity index (χ1) is 13.9. The number of fused-ring (bicyclic) bond motifs is 1. The van der Waals surface area contributed by atoms with Gasteiger partial charge in [-0.2, -0.15) is 0 Å². The minimum absolute atomic E-state index is 0.0458. The lowest BCUT2D eigenvalue weighted by Gasteiger charge is -2.24. The molecule has 0 bridgehead atoms. The summed E-state index contributed by atoms with van der Waals surface area (Å²) in [6.07, 6.45) is 0. The van der Waals surface area contributed by atoms with Crippen LogP contribution in [0.1, 0.15) is 41.5 Å². The van der Waals surface area contributed by atoms with E-state index in [9.17, 15) is 14.0 Å². The minimum atomic E-state index is -0.325. The van der Waals surface area contributed by atoms with E-state index in [0.717, 1.165) is 13.1 Å². The highest BCUT2D eigenvalue weighted by molar-refractivity contribution is 7.22. The Hall–Kier alpha value is -2.64. The molecule has 0 N–H and O–H groups in total. The molecule has 0 radical (unpaired) electrons. The molecule has 0 atom stereocenters. The molecule has 0 unspecified atom stereocenters. The van der Waals surface area contributed by atoms with Crippen molar-refractivity contribution in [3.63, 3.8) is 0 Å². The smallest absolute Gasteiger partial charge is 0.260 e. The maximum atomic E-state index is 13.6. The first kappa shape index (κ1) is 21.1. The average molecular weight is 414 g/mol. The molecular formula is C22H24FN3O2S. The van der Waals surface area contributed by atoms with E-state index in [1.807, 2.05) is 0 Å². The van der Waals surface area contributed by atoms with Gasteiger partial charge in [0.15, 0.2) is 10.9 Å². The van der Waals surface area contributed by atoms with Crippen LogP contribution in [0.25, 0.3) is 10.2 Å². The molecule has 0 saturated heterocycles. The van der Waals surface area contributed by atoms with Gasteiger partial charge in [0.2, 0.25) is 0 Å². The zero-order valence-corrected chi connectivity index (χ0v) is 17.6. The largest absolute Gasteiger partial charge is 0.302 e. The number of hydrogen-bond acceptors (Lipinski definition) is 5. The Labute approximate surface area is 173 Å². The van der Waals surface area contributed by atoms with E-state index >= 15 is 0 Å². The van der Waals surface area contributed by atoms with E-state index in [4.69, 9.17) is 0 Å². The molecule has 3 rings (SSSR count). The fourth-order valence-electron chi connectivity index (χ4n) is 3.07. The molecule has 0 aliphatic carbocycles. The van der Waals surface area contributed by atoms with Crippen LogP contribution in [0, 0.1) is 5.82 Å². The molecule has 1 amide bonds. The van der Waals surface area contributed by atoms with E-state index in [1.165, 1.54) is 30.4 Å². The third-order valence-electron chi connectivity index (χ3n) is 4.89. The number of thiazole rings is 1. The van der Waals surface area contributed by atoms with Gasteiger partial charge in [0.25, 0.3) is 5.91 Å². The van der Waals surface area contributed by atoms with Gasteiger partial charge in [-0.05, 0) is 50.3 Å². The monoisotopic (exact) mass is 413 g/mol. The molecule has 29 heavy (non-hydrogen) atoms. The lowest BCUT2D eigenvalue weighted by Crippen LogP contribution is -2.38. The van der Waals surface area contributed by atoms with Crippen molar-refractivity contribution in [2.75, 3.05) is 31.1 Å². The lowest BCUT2D eigenvalue weighted by atomic mass is 10.1. The maximum absolute atomic E-state index is 13.6. The van der Waals surface area contributed by atoms with Gasteiger partial charge in [0.05, 0.1) is 10.2 Å². The van der Waals surface area contributed by atoms with E-state index in [2.05, 4.69) is 23.7 Å². The Morgan fingerprint density at radius 3 is 2.28 bits per heavy atom. The van der Waals surface area contributed by atoms with Gasteiger partial charge in [0, 0.05) is 24.2 Å². The summed E-state index contributed by atoms with van der Waals surface area (Å²) in [5.41, 5.74) is 1.71. The van der Waals surface area contributed by atoms with Crippen molar-refractivity contribution in [1.82, 2.24) is 9.88 Å². The molecule has 0 spiro atoms. The highest BCUT2D eigenvalue weighted by atomic mass is 32.1. The van der Waals surface area contributed by atoms with Gasteiger partial charge in [-0.1, -0.05) is 37.3 Å². The zero-order chi connectivity index (χ0) is 21.0. The topological polar surface area (TPSA) is 53.5 Å². The van der Waals surface area contributed by atoms with Crippen molar-refractivity contribution in [2.45, 2.75) is 20.8 Å². The molecule has 1 heterocycles. The molecule has 3 aromatic rings. The molecule has 7 heteroatoms. The summed E-state index contributed by atoms with van der Waals surface area (Å²) in [5, 5.41) is 0.540. The summed E-state index contributed by atoms with van der Waals surface area (Å²) in [7, 11) is 0. The summed E-state index contributed by atoms with van der Waals surface area (Å²) in [5.74, 6) is -0.559. The van der Waals surface area contributed by atoms with E-state index < -0.39 is 0 Å². The number of rotatable bonds is 8. The first-order valence-corrected chi connectivity index (χ1v) is 10.5. The maximum Gasteiger partial charge on any atom is 0.260 e. The van der Waals surface area contributed by atoms with Crippen molar-refractivity contribution in [1.29, 1.82) is 0 Å². The number of hydrogen-bond donors (Lipinski definition) is 0. The number of halogens is 1. The second kappa shape index (κ2) is 9.24. The quantitative estimate of drug-likeness (QED) is 0.506. The second-order valence-corrected chi connectivity index (χ2v) is 7.73. The van der Waals surface area contributed by atoms with Crippen molar-refractivity contribution in [3.05, 3.63) is 59.4 Å². The molecule has 0 aliphatic rings. The Bertz CT molecular complexity index is 1010. The standard InChI is InChI=1S/C22H24FN3O2S/c1-4-25(5-2)12-13-26(21(28)17-8-6-16(7-9-17)15(3)27)22-24-19-11-10-18(23)14-20(19)29-22/h6-11,14H,4-5,12-13H2,1-3H3. The predicted octanol–water partition coefficient (Wildman–Crippen LogP) is 4.63. The fourth-order valence-corrected chi connectivity index (χ4v) is 4.09. The predicted molar refractivity (Wildman–Crippen MR) is 115 cm³/mol. The molecule has 2 aromatic carbocycles. The minimum Gasteiger partial charge on any atom is -0.302 e. The third-order valence-corrected chi connectivity index (χ3v) is 5.93. The molecule has 5 nitrogen and oxygen atoms in total. The van der Waals surface area contributed by atoms with Crippen LogP contribution < -0.4 is 4.90 Å². The van der Waals surface area contributed by atoms with E-state index in [0.29, 0.717) is 39.6 Å². The second-order valence-electron chi connectivity index (χ2n) is 6.73. The summed E-state index contributed by atoms with van der Waals surface area (Å²) in [6, 6.07) is 11.1. The normalized spacial score (nSPS) is 11.2. The van der Waals surface area contributed by atoms with Crippen molar-refractivity contribution < 1.29 is 14.0 Å². The van der Waals surface area contributed by atoms with Crippen LogP contribution >= 0.6 is 11.3 Å². The number of amides is 1. The Morgan fingerprint density at radius 2 is 1.66 bits per heavy atom. The highest BCUT2D eigenvalue weighted by Gasteiger charge is 2.22. The summed E-state index contributed by atoms with van der Waals surface area (Å²) >= 11 is 1.30. The number of anilines is 1. The van der Waals surface area contributed by atoms with Gasteiger partial charge in [0.1, 0.15) is 5.82 Å². The number of benzene rings is 2. The van der Waals surface area contributed by atoms with Crippen LogP contribution in [0.3, 0.4) is 0 Å². The van der Waals surface area contributed by atoms with Crippen molar-refractivity contribution >= 4 is 38.4 Å². The fraction of sp³-hybridized carbons (Fsp3) is 0.318. The number of carbonyl (C=O) groups is 2. The van der Waals surface area contributed by atoms with Gasteiger partial charge >= 0.3 is 0 Å². The number of likely N-dealkylation sites (N-methyl/N-ethyl adjacent to an activating group) is 1. The SMILES string of the molecule is CCN(CC)CCN(C(=O)c1ccc(C(C)=O)cc1)c1nc2ccc(F)cc2s1. The van der Waals surface area contributed by atoms with Crippen LogP contribution in [-0.2, 0) is 0 Å². The third kappa shape index (κ3) is 4.86. The van der Waals surface area contributed by atoms with Gasteiger partial charge < -0.3 is 4.90 Å². The molecule has 1 aromatic heterocycles. The van der Waals surface area contributed by atoms with Crippen LogP contribution in [0.2, 0.25) is 0 Å². The average Bonchev–Trinajstić information content (AvgIpc) is 3.13. The lowest BCUT2D eigenvalue weighted by molar-refractivity contribution is 0.0980. The van der Waals surface area contributed by atoms with Crippen LogP contribution in [-0.4, -0.2) is 47.8 Å². The van der Waals surface area contributed by atoms with Crippen LogP contribution in [0.15, 0.2) is 42.5 Å². The summed E-state index contributed by atoms with van der Waals surface area (Å²) in [4.78, 5) is 33.2. The summed E-state index contributed by atoms with van der Waals surface area (Å²) < 4.78 is 14.3. The van der Waals surface area contributed by atoms with E-state index in [-0.39, 0.29) is 17.5 Å². The first-order valence-electron chi connectivity index (χ1n) is 9.64. The summed E-state index contributed by atoms with van der Waals surface area (Å²) in [6.45, 7) is 8.60. The number of Topliss-reactive ketones (excluding diaryl/α,β-unsaturated/α-hetero) is 1. The number of aromatic nitrogens is 1. The molecule has 0 fully saturated rings.